The summed E-state index contributed by atoms with van der Waals surface area (Å²) in [7, 11) is -4.36. The van der Waals surface area contributed by atoms with Crippen molar-refractivity contribution in [2.75, 3.05) is 0 Å². The van der Waals surface area contributed by atoms with Crippen LogP contribution in [-0.4, -0.2) is 29.7 Å². The topological polar surface area (TPSA) is 91.8 Å². The quantitative estimate of drug-likeness (QED) is 0.686. The van der Waals surface area contributed by atoms with Gasteiger partial charge < -0.3 is 0 Å². The molecule has 0 aliphatic carbocycles. The maximum atomic E-state index is 12.3. The van der Waals surface area contributed by atoms with Gasteiger partial charge in [-0.05, 0) is 36.2 Å². The van der Waals surface area contributed by atoms with Crippen molar-refractivity contribution in [3.8, 4) is 0 Å². The Morgan fingerprint density at radius 1 is 1.00 bits per heavy atom. The van der Waals surface area contributed by atoms with E-state index in [1.54, 1.807) is 37.3 Å². The van der Waals surface area contributed by atoms with Crippen LogP contribution in [0.15, 0.2) is 47.4 Å². The van der Waals surface area contributed by atoms with Crippen molar-refractivity contribution >= 4 is 21.9 Å². The highest BCUT2D eigenvalue weighted by Crippen LogP contribution is 2.25. The van der Waals surface area contributed by atoms with E-state index in [9.17, 15) is 22.6 Å². The molecule has 0 fully saturated rings. The van der Waals surface area contributed by atoms with Crippen molar-refractivity contribution < 1.29 is 22.6 Å². The van der Waals surface area contributed by atoms with Crippen molar-refractivity contribution in [3.05, 3.63) is 64.7 Å². The second-order valence-corrected chi connectivity index (χ2v) is 6.71. The minimum atomic E-state index is -4.36. The molecule has 118 valence electrons. The molecule has 0 radical (unpaired) electrons. The van der Waals surface area contributed by atoms with Crippen LogP contribution in [0.2, 0.25) is 0 Å². The summed E-state index contributed by atoms with van der Waals surface area (Å²) < 4.78 is 31.9. The van der Waals surface area contributed by atoms with E-state index in [1.165, 1.54) is 12.1 Å². The smallest absolute Gasteiger partial charge is 0.282 e. The fourth-order valence-corrected chi connectivity index (χ4v) is 3.36. The van der Waals surface area contributed by atoms with Crippen molar-refractivity contribution in [2.24, 2.45) is 0 Å². The minimum Gasteiger partial charge on any atom is -0.282 e. The molecular formula is C16H13NO5S. The van der Waals surface area contributed by atoms with E-state index in [1.807, 2.05) is 0 Å². The summed E-state index contributed by atoms with van der Waals surface area (Å²) in [5.41, 5.74) is 1.50. The summed E-state index contributed by atoms with van der Waals surface area (Å²) in [5.74, 6) is -0.834. The van der Waals surface area contributed by atoms with Crippen LogP contribution < -0.4 is 0 Å². The molecule has 3 rings (SSSR count). The number of rotatable bonds is 3. The molecule has 1 aliphatic rings. The molecule has 1 N–H and O–H groups in total. The summed E-state index contributed by atoms with van der Waals surface area (Å²) >= 11 is 0. The molecule has 0 bridgehead atoms. The lowest BCUT2D eigenvalue weighted by atomic mass is 10.1. The molecule has 0 aromatic heterocycles. The van der Waals surface area contributed by atoms with E-state index in [0.29, 0.717) is 22.3 Å². The maximum Gasteiger partial charge on any atom is 0.294 e. The predicted molar refractivity (Wildman–Crippen MR) is 81.6 cm³/mol. The van der Waals surface area contributed by atoms with Crippen LogP contribution in [0.1, 0.15) is 31.8 Å². The number of benzene rings is 2. The van der Waals surface area contributed by atoms with Gasteiger partial charge in [-0.3, -0.25) is 19.0 Å². The van der Waals surface area contributed by atoms with E-state index in [0.717, 1.165) is 4.90 Å². The SMILES string of the molecule is Cc1ccc(CN2C(=O)c3ccccc3C2=O)cc1S(=O)(=O)O. The van der Waals surface area contributed by atoms with Gasteiger partial charge in [-0.1, -0.05) is 24.3 Å². The second kappa shape index (κ2) is 5.29. The maximum absolute atomic E-state index is 12.3. The van der Waals surface area contributed by atoms with Gasteiger partial charge in [0.25, 0.3) is 21.9 Å². The van der Waals surface area contributed by atoms with Crippen LogP contribution in [0.25, 0.3) is 0 Å². The van der Waals surface area contributed by atoms with Gasteiger partial charge in [-0.15, -0.1) is 0 Å². The van der Waals surface area contributed by atoms with E-state index in [2.05, 4.69) is 0 Å². The molecule has 1 aliphatic heterocycles. The molecule has 0 spiro atoms. The zero-order valence-corrected chi connectivity index (χ0v) is 13.0. The molecule has 6 nitrogen and oxygen atoms in total. The highest BCUT2D eigenvalue weighted by molar-refractivity contribution is 7.85. The number of imide groups is 1. The van der Waals surface area contributed by atoms with Crippen LogP contribution >= 0.6 is 0 Å². The minimum absolute atomic E-state index is 0.0604. The Morgan fingerprint density at radius 2 is 1.57 bits per heavy atom. The average Bonchev–Trinajstić information content (AvgIpc) is 2.73. The van der Waals surface area contributed by atoms with Gasteiger partial charge in [-0.25, -0.2) is 0 Å². The van der Waals surface area contributed by atoms with Gasteiger partial charge in [0, 0.05) is 0 Å². The molecule has 0 unspecified atom stereocenters. The Kier molecular flexibility index (Phi) is 3.54. The number of carbonyl (C=O) groups excluding carboxylic acids is 2. The number of fused-ring (bicyclic) bond motifs is 1. The first kappa shape index (κ1) is 15.4. The van der Waals surface area contributed by atoms with Crippen LogP contribution in [0, 0.1) is 6.92 Å². The third-order valence-electron chi connectivity index (χ3n) is 3.75. The summed E-state index contributed by atoms with van der Waals surface area (Å²) in [6.45, 7) is 1.49. The molecule has 23 heavy (non-hydrogen) atoms. The van der Waals surface area contributed by atoms with Crippen molar-refractivity contribution in [1.29, 1.82) is 0 Å². The number of hydrogen-bond acceptors (Lipinski definition) is 4. The summed E-state index contributed by atoms with van der Waals surface area (Å²) in [5, 5.41) is 0. The van der Waals surface area contributed by atoms with Crippen molar-refractivity contribution in [1.82, 2.24) is 4.90 Å². The third kappa shape index (κ3) is 2.64. The lowest BCUT2D eigenvalue weighted by Crippen LogP contribution is -2.29. The second-order valence-electron chi connectivity index (χ2n) is 5.32. The lowest BCUT2D eigenvalue weighted by Gasteiger charge is -2.15. The normalized spacial score (nSPS) is 14.3. The predicted octanol–water partition coefficient (Wildman–Crippen LogP) is 2.04. The summed E-state index contributed by atoms with van der Waals surface area (Å²) in [6, 6.07) is 10.9. The van der Waals surface area contributed by atoms with Crippen LogP contribution in [0.5, 0.6) is 0 Å². The summed E-state index contributed by atoms with van der Waals surface area (Å²) in [6.07, 6.45) is 0. The zero-order valence-electron chi connectivity index (χ0n) is 12.2. The Bertz CT molecular complexity index is 898. The number of hydrogen-bond donors (Lipinski definition) is 1. The first-order valence-corrected chi connectivity index (χ1v) is 8.25. The molecule has 1 heterocycles. The molecule has 2 amide bonds. The molecule has 2 aromatic carbocycles. The Hall–Kier alpha value is -2.51. The van der Waals surface area contributed by atoms with Gasteiger partial charge in [0.2, 0.25) is 0 Å². The van der Waals surface area contributed by atoms with E-state index >= 15 is 0 Å². The van der Waals surface area contributed by atoms with Gasteiger partial charge in [0.15, 0.2) is 0 Å². The molecule has 2 aromatic rings. The molecule has 0 saturated heterocycles. The van der Waals surface area contributed by atoms with E-state index in [4.69, 9.17) is 0 Å². The highest BCUT2D eigenvalue weighted by Gasteiger charge is 2.35. The Labute approximate surface area is 133 Å². The highest BCUT2D eigenvalue weighted by atomic mass is 32.2. The van der Waals surface area contributed by atoms with Crippen LogP contribution in [0.3, 0.4) is 0 Å². The lowest BCUT2D eigenvalue weighted by molar-refractivity contribution is 0.0642. The number of aryl methyl sites for hydroxylation is 1. The Morgan fingerprint density at radius 3 is 2.09 bits per heavy atom. The van der Waals surface area contributed by atoms with Gasteiger partial charge in [0.05, 0.1) is 22.6 Å². The standard InChI is InChI=1S/C16H13NO5S/c1-10-6-7-11(8-14(10)23(20,21)22)9-17-15(18)12-4-2-3-5-13(12)16(17)19/h2-8H,9H2,1H3,(H,20,21,22). The number of amides is 2. The Balaban J connectivity index is 1.96. The van der Waals surface area contributed by atoms with Gasteiger partial charge in [0.1, 0.15) is 0 Å². The molecule has 7 heteroatoms. The fraction of sp³-hybridized carbons (Fsp3) is 0.125. The molecule has 0 atom stereocenters. The first-order chi connectivity index (χ1) is 10.8. The molecular weight excluding hydrogens is 318 g/mol. The van der Waals surface area contributed by atoms with Crippen molar-refractivity contribution in [2.45, 2.75) is 18.4 Å². The van der Waals surface area contributed by atoms with Crippen LogP contribution in [-0.2, 0) is 16.7 Å². The van der Waals surface area contributed by atoms with Gasteiger partial charge >= 0.3 is 0 Å². The summed E-state index contributed by atoms with van der Waals surface area (Å²) in [4.78, 5) is 25.4. The monoisotopic (exact) mass is 331 g/mol. The fourth-order valence-electron chi connectivity index (χ4n) is 2.59. The van der Waals surface area contributed by atoms with E-state index < -0.39 is 21.9 Å². The van der Waals surface area contributed by atoms with Crippen LogP contribution in [0.4, 0.5) is 0 Å². The molecule has 0 saturated carbocycles. The number of carbonyl (C=O) groups is 2. The van der Waals surface area contributed by atoms with Gasteiger partial charge in [-0.2, -0.15) is 8.42 Å². The van der Waals surface area contributed by atoms with Crippen molar-refractivity contribution in [3.63, 3.8) is 0 Å². The van der Waals surface area contributed by atoms with E-state index in [-0.39, 0.29) is 11.4 Å². The zero-order chi connectivity index (χ0) is 16.8. The average molecular weight is 331 g/mol. The third-order valence-corrected chi connectivity index (χ3v) is 4.74. The number of nitrogens with zero attached hydrogens (tertiary/aromatic N) is 1. The first-order valence-electron chi connectivity index (χ1n) is 6.81. The largest absolute Gasteiger partial charge is 0.294 e.